The minimum atomic E-state index is -0.598. The summed E-state index contributed by atoms with van der Waals surface area (Å²) in [6.45, 7) is 0.895. The molecule has 27 heavy (non-hydrogen) atoms. The van der Waals surface area contributed by atoms with Gasteiger partial charge in [0.15, 0.2) is 5.96 Å². The molecule has 2 heterocycles. The molecule has 8 heteroatoms. The van der Waals surface area contributed by atoms with Crippen LogP contribution in [0.3, 0.4) is 0 Å². The number of aromatic nitrogens is 1. The topological polar surface area (TPSA) is 78.8 Å². The molecule has 0 radical (unpaired) electrons. The van der Waals surface area contributed by atoms with Crippen molar-refractivity contribution in [2.45, 2.75) is 12.6 Å². The number of pyridine rings is 1. The fourth-order valence-electron chi connectivity index (χ4n) is 2.60. The van der Waals surface area contributed by atoms with Crippen molar-refractivity contribution in [2.75, 3.05) is 20.7 Å². The molecule has 1 unspecified atom stereocenters. The van der Waals surface area contributed by atoms with Crippen LogP contribution >= 0.6 is 35.3 Å². The molecule has 1 aromatic carbocycles. The van der Waals surface area contributed by atoms with Crippen LogP contribution in [-0.4, -0.2) is 36.8 Å². The first-order valence-corrected chi connectivity index (χ1v) is 9.12. The van der Waals surface area contributed by atoms with Crippen molar-refractivity contribution >= 4 is 51.4 Å². The molecule has 1 atom stereocenters. The maximum absolute atomic E-state index is 10.5. The Morgan fingerprint density at radius 3 is 2.81 bits per heavy atom. The van der Waals surface area contributed by atoms with E-state index in [1.54, 1.807) is 31.7 Å². The Bertz CT molecular complexity index is 867. The van der Waals surface area contributed by atoms with Gasteiger partial charge in [0.25, 0.3) is 0 Å². The van der Waals surface area contributed by atoms with Crippen molar-refractivity contribution in [1.29, 1.82) is 0 Å². The quantitative estimate of drug-likeness (QED) is 0.276. The van der Waals surface area contributed by atoms with E-state index in [2.05, 4.69) is 32.7 Å². The summed E-state index contributed by atoms with van der Waals surface area (Å²) in [5.74, 6) is 1.19. The average molecular weight is 498 g/mol. The van der Waals surface area contributed by atoms with Gasteiger partial charge in [-0.05, 0) is 23.6 Å². The summed E-state index contributed by atoms with van der Waals surface area (Å²) in [5.41, 5.74) is 0.933. The van der Waals surface area contributed by atoms with Crippen LogP contribution in [0.4, 0.5) is 0 Å². The van der Waals surface area contributed by atoms with Crippen LogP contribution in [0.1, 0.15) is 16.5 Å². The van der Waals surface area contributed by atoms with Crippen LogP contribution in [0.2, 0.25) is 0 Å². The number of aliphatic hydroxyl groups is 1. The Morgan fingerprint density at radius 2 is 2.07 bits per heavy atom. The van der Waals surface area contributed by atoms with Crippen LogP contribution in [0, 0.1) is 0 Å². The number of thiophene rings is 1. The number of guanidine groups is 1. The summed E-state index contributed by atoms with van der Waals surface area (Å²) >= 11 is 1.60. The van der Waals surface area contributed by atoms with Crippen LogP contribution in [0.5, 0.6) is 5.88 Å². The number of rotatable bonds is 6. The van der Waals surface area contributed by atoms with E-state index >= 15 is 0 Å². The number of benzene rings is 1. The zero-order valence-electron chi connectivity index (χ0n) is 15.2. The minimum absolute atomic E-state index is 0. The number of aliphatic imine (C=N–C) groups is 1. The summed E-state index contributed by atoms with van der Waals surface area (Å²) in [6.07, 6.45) is 1.09. The van der Waals surface area contributed by atoms with Crippen molar-refractivity contribution < 1.29 is 9.84 Å². The van der Waals surface area contributed by atoms with Gasteiger partial charge < -0.3 is 20.5 Å². The molecule has 0 amide bonds. The number of methoxy groups -OCH3 is 1. The molecule has 0 saturated heterocycles. The predicted octanol–water partition coefficient (Wildman–Crippen LogP) is 3.32. The summed E-state index contributed by atoms with van der Waals surface area (Å²) in [4.78, 5) is 9.30. The number of nitrogens with zero attached hydrogens (tertiary/aromatic N) is 2. The van der Waals surface area contributed by atoms with Crippen LogP contribution in [-0.2, 0) is 6.54 Å². The van der Waals surface area contributed by atoms with Gasteiger partial charge in [-0.2, -0.15) is 0 Å². The summed E-state index contributed by atoms with van der Waals surface area (Å²) in [6, 6.07) is 14.0. The van der Waals surface area contributed by atoms with Gasteiger partial charge in [0, 0.05) is 41.5 Å². The molecule has 0 bridgehead atoms. The molecular formula is C19H23IN4O2S. The lowest BCUT2D eigenvalue weighted by atomic mass is 10.2. The molecule has 0 aliphatic rings. The first-order valence-electron chi connectivity index (χ1n) is 8.30. The van der Waals surface area contributed by atoms with E-state index in [1.165, 1.54) is 4.70 Å². The normalized spacial score (nSPS) is 12.3. The second-order valence-electron chi connectivity index (χ2n) is 5.68. The minimum Gasteiger partial charge on any atom is -0.481 e. The smallest absolute Gasteiger partial charge is 0.218 e. The van der Waals surface area contributed by atoms with Gasteiger partial charge in [-0.1, -0.05) is 24.3 Å². The van der Waals surface area contributed by atoms with Crippen molar-refractivity contribution in [2.24, 2.45) is 4.99 Å². The molecular weight excluding hydrogens is 475 g/mol. The number of ether oxygens (including phenoxy) is 1. The highest BCUT2D eigenvalue weighted by Gasteiger charge is 2.12. The highest BCUT2D eigenvalue weighted by Crippen LogP contribution is 2.29. The summed E-state index contributed by atoms with van der Waals surface area (Å²) in [7, 11) is 3.29. The van der Waals surface area contributed by atoms with Gasteiger partial charge in [0.1, 0.15) is 6.10 Å². The molecule has 3 aromatic rings. The van der Waals surface area contributed by atoms with Crippen molar-refractivity contribution in [3.05, 3.63) is 59.1 Å². The first kappa shape index (κ1) is 21.4. The lowest BCUT2D eigenvalue weighted by molar-refractivity contribution is 0.184. The van der Waals surface area contributed by atoms with E-state index in [0.29, 0.717) is 24.9 Å². The number of halogens is 1. The van der Waals surface area contributed by atoms with Gasteiger partial charge >= 0.3 is 0 Å². The fraction of sp³-hybridized carbons (Fsp3) is 0.263. The molecule has 0 aliphatic carbocycles. The molecule has 0 fully saturated rings. The molecule has 0 saturated carbocycles. The van der Waals surface area contributed by atoms with E-state index in [-0.39, 0.29) is 24.0 Å². The standard InChI is InChI=1S/C19H22N4O2S.HI/c1-20-19(22-11-14-7-5-9-21-18(14)25-2)23-12-15(24)17-10-13-6-3-4-8-16(13)26-17;/h3-10,15,24H,11-12H2,1-2H3,(H2,20,22,23);1H. The second-order valence-corrected chi connectivity index (χ2v) is 6.80. The Labute approximate surface area is 179 Å². The van der Waals surface area contributed by atoms with E-state index in [9.17, 15) is 5.11 Å². The third kappa shape index (κ3) is 5.53. The van der Waals surface area contributed by atoms with E-state index in [0.717, 1.165) is 15.8 Å². The van der Waals surface area contributed by atoms with Crippen LogP contribution < -0.4 is 15.4 Å². The third-order valence-corrected chi connectivity index (χ3v) is 5.17. The number of hydrogen-bond acceptors (Lipinski definition) is 5. The van der Waals surface area contributed by atoms with Crippen molar-refractivity contribution in [3.63, 3.8) is 0 Å². The lowest BCUT2D eigenvalue weighted by Crippen LogP contribution is -2.39. The maximum Gasteiger partial charge on any atom is 0.218 e. The van der Waals surface area contributed by atoms with Crippen molar-refractivity contribution in [1.82, 2.24) is 15.6 Å². The zero-order chi connectivity index (χ0) is 18.4. The molecule has 3 rings (SSSR count). The second kappa shape index (κ2) is 10.4. The van der Waals surface area contributed by atoms with Crippen LogP contribution in [0.15, 0.2) is 53.7 Å². The number of hydrogen-bond donors (Lipinski definition) is 3. The van der Waals surface area contributed by atoms with Gasteiger partial charge in [0.2, 0.25) is 5.88 Å². The largest absolute Gasteiger partial charge is 0.481 e. The highest BCUT2D eigenvalue weighted by atomic mass is 127. The SMILES string of the molecule is CN=C(NCc1cccnc1OC)NCC(O)c1cc2ccccc2s1.I. The molecule has 0 aliphatic heterocycles. The summed E-state index contributed by atoms with van der Waals surface area (Å²) in [5, 5.41) is 18.0. The zero-order valence-corrected chi connectivity index (χ0v) is 18.3. The highest BCUT2D eigenvalue weighted by molar-refractivity contribution is 14.0. The fourth-order valence-corrected chi connectivity index (χ4v) is 3.65. The van der Waals surface area contributed by atoms with Gasteiger partial charge in [-0.15, -0.1) is 35.3 Å². The lowest BCUT2D eigenvalue weighted by Gasteiger charge is -2.15. The predicted molar refractivity (Wildman–Crippen MR) is 121 cm³/mol. The monoisotopic (exact) mass is 498 g/mol. The van der Waals surface area contributed by atoms with Gasteiger partial charge in [-0.3, -0.25) is 4.99 Å². The van der Waals surface area contributed by atoms with Gasteiger partial charge in [0.05, 0.1) is 7.11 Å². The van der Waals surface area contributed by atoms with E-state index < -0.39 is 6.10 Å². The number of nitrogens with one attached hydrogen (secondary N) is 2. The Balaban J connectivity index is 0.00000261. The number of aliphatic hydroxyl groups excluding tert-OH is 1. The van der Waals surface area contributed by atoms with E-state index in [4.69, 9.17) is 4.74 Å². The molecule has 0 spiro atoms. The van der Waals surface area contributed by atoms with Crippen molar-refractivity contribution in [3.8, 4) is 5.88 Å². The van der Waals surface area contributed by atoms with E-state index in [1.807, 2.05) is 30.3 Å². The summed E-state index contributed by atoms with van der Waals surface area (Å²) < 4.78 is 6.42. The average Bonchev–Trinajstić information content (AvgIpc) is 3.12. The molecule has 2 aromatic heterocycles. The Hall–Kier alpha value is -1.91. The molecule has 6 nitrogen and oxygen atoms in total. The maximum atomic E-state index is 10.5. The Morgan fingerprint density at radius 1 is 1.26 bits per heavy atom. The number of fused-ring (bicyclic) bond motifs is 1. The first-order chi connectivity index (χ1) is 12.7. The van der Waals surface area contributed by atoms with Crippen LogP contribution in [0.25, 0.3) is 10.1 Å². The van der Waals surface area contributed by atoms with Gasteiger partial charge in [-0.25, -0.2) is 4.98 Å². The molecule has 3 N–H and O–H groups in total. The third-order valence-electron chi connectivity index (χ3n) is 3.95. The Kier molecular flexibility index (Phi) is 8.26. The molecule has 144 valence electrons.